The molecule has 0 saturated carbocycles. The van der Waals surface area contributed by atoms with Crippen molar-refractivity contribution in [2.45, 2.75) is 13.0 Å². The number of methoxy groups -OCH3 is 2. The van der Waals surface area contributed by atoms with E-state index < -0.39 is 23.7 Å². The number of para-hydroxylation sites is 1. The molecule has 8 heteroatoms. The molecular weight excluding hydrogens is 436 g/mol. The lowest BCUT2D eigenvalue weighted by atomic mass is 9.84. The Bertz CT molecular complexity index is 1080. The van der Waals surface area contributed by atoms with Gasteiger partial charge in [-0.05, 0) is 36.8 Å². The fraction of sp³-hybridized carbons (Fsp3) is 0.423. The summed E-state index contributed by atoms with van der Waals surface area (Å²) in [6.07, 6.45) is 0. The molecule has 2 aromatic carbocycles. The highest BCUT2D eigenvalue weighted by molar-refractivity contribution is 6.44. The zero-order valence-electron chi connectivity index (χ0n) is 19.8. The molecule has 0 radical (unpaired) electrons. The van der Waals surface area contributed by atoms with E-state index in [-0.39, 0.29) is 5.78 Å². The number of hydrogen-bond acceptors (Lipinski definition) is 6. The molecule has 0 aliphatic carbocycles. The lowest BCUT2D eigenvalue weighted by Crippen LogP contribution is -3.14. The standard InChI is InChI=1S/C26H30N2O6/c1-17-16-18(32-2)8-9-19(17)24(29)22-23(20-6-4-5-7-21(20)33-3)28(26(31)25(22)30)11-10-27-12-14-34-15-13-27/h4-9,16,22-23H,10-15H2,1-3H3/p+1. The quantitative estimate of drug-likeness (QED) is 0.352. The summed E-state index contributed by atoms with van der Waals surface area (Å²) in [5.74, 6) is -1.63. The largest absolute Gasteiger partial charge is 0.497 e. The van der Waals surface area contributed by atoms with E-state index in [0.717, 1.165) is 13.1 Å². The number of likely N-dealkylation sites (tertiary alicyclic amines) is 1. The van der Waals surface area contributed by atoms with Crippen molar-refractivity contribution >= 4 is 17.5 Å². The minimum atomic E-state index is -1.14. The van der Waals surface area contributed by atoms with Gasteiger partial charge in [-0.3, -0.25) is 14.4 Å². The molecule has 2 aromatic rings. The van der Waals surface area contributed by atoms with Crippen LogP contribution in [-0.4, -0.2) is 76.0 Å². The van der Waals surface area contributed by atoms with Crippen LogP contribution in [0.2, 0.25) is 0 Å². The zero-order chi connectivity index (χ0) is 24.2. The molecule has 0 aromatic heterocycles. The van der Waals surface area contributed by atoms with E-state index in [9.17, 15) is 14.4 Å². The summed E-state index contributed by atoms with van der Waals surface area (Å²) in [6.45, 7) is 5.90. The molecule has 2 unspecified atom stereocenters. The number of nitrogens with zero attached hydrogens (tertiary/aromatic N) is 1. The van der Waals surface area contributed by atoms with Crippen molar-refractivity contribution in [3.8, 4) is 11.5 Å². The Kier molecular flexibility index (Phi) is 7.29. The Labute approximate surface area is 199 Å². The molecule has 180 valence electrons. The molecule has 4 rings (SSSR count). The number of aryl methyl sites for hydroxylation is 1. The van der Waals surface area contributed by atoms with E-state index in [2.05, 4.69) is 0 Å². The van der Waals surface area contributed by atoms with Gasteiger partial charge >= 0.3 is 0 Å². The van der Waals surface area contributed by atoms with Gasteiger partial charge in [-0.1, -0.05) is 18.2 Å². The third-order valence-electron chi connectivity index (χ3n) is 6.75. The predicted molar refractivity (Wildman–Crippen MR) is 124 cm³/mol. The van der Waals surface area contributed by atoms with Crippen LogP contribution in [0.1, 0.15) is 27.5 Å². The molecule has 2 atom stereocenters. The monoisotopic (exact) mass is 467 g/mol. The fourth-order valence-corrected chi connectivity index (χ4v) is 4.88. The van der Waals surface area contributed by atoms with Gasteiger partial charge < -0.3 is 24.0 Å². The van der Waals surface area contributed by atoms with Gasteiger partial charge in [-0.15, -0.1) is 0 Å². The normalized spacial score (nSPS) is 21.1. The Morgan fingerprint density at radius 1 is 1.09 bits per heavy atom. The molecule has 2 fully saturated rings. The second-order valence-electron chi connectivity index (χ2n) is 8.68. The van der Waals surface area contributed by atoms with Crippen LogP contribution in [0.15, 0.2) is 42.5 Å². The second-order valence-corrected chi connectivity index (χ2v) is 8.68. The van der Waals surface area contributed by atoms with Crippen LogP contribution in [0.4, 0.5) is 0 Å². The van der Waals surface area contributed by atoms with Gasteiger partial charge in [0.25, 0.3) is 5.91 Å². The van der Waals surface area contributed by atoms with Crippen molar-refractivity contribution in [2.75, 3.05) is 53.6 Å². The average Bonchev–Trinajstić information content (AvgIpc) is 3.12. The van der Waals surface area contributed by atoms with Crippen molar-refractivity contribution in [3.63, 3.8) is 0 Å². The molecule has 0 spiro atoms. The van der Waals surface area contributed by atoms with Gasteiger partial charge in [-0.2, -0.15) is 0 Å². The number of ketones is 2. The highest BCUT2D eigenvalue weighted by Crippen LogP contribution is 2.41. The Hall–Kier alpha value is -3.23. The van der Waals surface area contributed by atoms with Crippen LogP contribution in [0.25, 0.3) is 0 Å². The number of carbonyl (C=O) groups is 3. The van der Waals surface area contributed by atoms with Crippen molar-refractivity contribution < 1.29 is 33.5 Å². The molecule has 2 saturated heterocycles. The third kappa shape index (κ3) is 4.56. The minimum absolute atomic E-state index is 0.365. The van der Waals surface area contributed by atoms with Crippen molar-refractivity contribution in [1.82, 2.24) is 4.90 Å². The van der Waals surface area contributed by atoms with E-state index in [1.54, 1.807) is 50.3 Å². The topological polar surface area (TPSA) is 86.6 Å². The first-order valence-corrected chi connectivity index (χ1v) is 11.5. The molecule has 8 nitrogen and oxygen atoms in total. The number of quaternary nitrogens is 1. The molecule has 2 heterocycles. The van der Waals surface area contributed by atoms with Crippen LogP contribution >= 0.6 is 0 Å². The number of nitrogens with one attached hydrogen (secondary N) is 1. The summed E-state index contributed by atoms with van der Waals surface area (Å²) >= 11 is 0. The maximum atomic E-state index is 13.8. The number of ether oxygens (including phenoxy) is 3. The molecule has 2 aliphatic rings. The Morgan fingerprint density at radius 2 is 1.82 bits per heavy atom. The smallest absolute Gasteiger partial charge is 0.291 e. The predicted octanol–water partition coefficient (Wildman–Crippen LogP) is 0.879. The SMILES string of the molecule is COc1ccc(C(=O)C2C(=O)C(=O)N(CC[NH+]3CCOCC3)C2c2ccccc2OC)c(C)c1. The van der Waals surface area contributed by atoms with E-state index in [1.165, 1.54) is 4.90 Å². The van der Waals surface area contributed by atoms with Gasteiger partial charge in [0.05, 0.1) is 46.6 Å². The number of morpholine rings is 1. The van der Waals surface area contributed by atoms with Crippen LogP contribution in [0, 0.1) is 12.8 Å². The first-order chi connectivity index (χ1) is 16.5. The number of carbonyl (C=O) groups excluding carboxylic acids is 3. The highest BCUT2D eigenvalue weighted by atomic mass is 16.5. The van der Waals surface area contributed by atoms with E-state index >= 15 is 0 Å². The van der Waals surface area contributed by atoms with Crippen LogP contribution in [0.3, 0.4) is 0 Å². The average molecular weight is 468 g/mol. The summed E-state index contributed by atoms with van der Waals surface area (Å²) < 4.78 is 16.2. The summed E-state index contributed by atoms with van der Waals surface area (Å²) in [5.41, 5.74) is 1.76. The van der Waals surface area contributed by atoms with Crippen LogP contribution in [-0.2, 0) is 14.3 Å². The summed E-state index contributed by atoms with van der Waals surface area (Å²) in [6, 6.07) is 11.6. The first-order valence-electron chi connectivity index (χ1n) is 11.5. The van der Waals surface area contributed by atoms with E-state index in [1.807, 2.05) is 18.2 Å². The fourth-order valence-electron chi connectivity index (χ4n) is 4.88. The number of benzene rings is 2. The molecular formula is C26H31N2O6+. The third-order valence-corrected chi connectivity index (χ3v) is 6.75. The van der Waals surface area contributed by atoms with Crippen LogP contribution in [0.5, 0.6) is 11.5 Å². The molecule has 1 N–H and O–H groups in total. The Morgan fingerprint density at radius 3 is 2.50 bits per heavy atom. The Balaban J connectivity index is 1.72. The lowest BCUT2D eigenvalue weighted by Gasteiger charge is -2.30. The zero-order valence-corrected chi connectivity index (χ0v) is 19.8. The minimum Gasteiger partial charge on any atom is -0.497 e. The van der Waals surface area contributed by atoms with Gasteiger partial charge in [-0.25, -0.2) is 0 Å². The van der Waals surface area contributed by atoms with Gasteiger partial charge in [0, 0.05) is 11.1 Å². The summed E-state index contributed by atoms with van der Waals surface area (Å²) in [5, 5.41) is 0. The second kappa shape index (κ2) is 10.4. The summed E-state index contributed by atoms with van der Waals surface area (Å²) in [4.78, 5) is 43.1. The van der Waals surface area contributed by atoms with Crippen molar-refractivity contribution in [3.05, 3.63) is 59.2 Å². The van der Waals surface area contributed by atoms with Gasteiger partial charge in [0.2, 0.25) is 5.78 Å². The van der Waals surface area contributed by atoms with E-state index in [4.69, 9.17) is 14.2 Å². The number of amides is 1. The number of Topliss-reactive ketones (excluding diaryl/α,β-unsaturated/α-hetero) is 2. The van der Waals surface area contributed by atoms with Crippen LogP contribution < -0.4 is 14.4 Å². The molecule has 1 amide bonds. The maximum absolute atomic E-state index is 13.8. The van der Waals surface area contributed by atoms with Crippen molar-refractivity contribution in [1.29, 1.82) is 0 Å². The highest BCUT2D eigenvalue weighted by Gasteiger charge is 2.52. The lowest BCUT2D eigenvalue weighted by molar-refractivity contribution is -0.907. The maximum Gasteiger partial charge on any atom is 0.291 e. The summed E-state index contributed by atoms with van der Waals surface area (Å²) in [7, 11) is 3.10. The number of hydrogen-bond donors (Lipinski definition) is 1. The van der Waals surface area contributed by atoms with Gasteiger partial charge in [0.1, 0.15) is 30.5 Å². The molecule has 34 heavy (non-hydrogen) atoms. The number of rotatable bonds is 8. The first kappa shape index (κ1) is 23.9. The molecule has 2 aliphatic heterocycles. The molecule has 0 bridgehead atoms. The van der Waals surface area contributed by atoms with E-state index in [0.29, 0.717) is 54.5 Å². The van der Waals surface area contributed by atoms with Crippen molar-refractivity contribution in [2.24, 2.45) is 5.92 Å². The van der Waals surface area contributed by atoms with Gasteiger partial charge in [0.15, 0.2) is 5.78 Å².